The average Bonchev–Trinajstić information content (AvgIpc) is 3.46. The Morgan fingerprint density at radius 2 is 2.09 bits per heavy atom. The summed E-state index contributed by atoms with van der Waals surface area (Å²) >= 11 is 0. The molecular weight excluding hydrogens is 568 g/mol. The van der Waals surface area contributed by atoms with E-state index in [9.17, 15) is 18.5 Å². The van der Waals surface area contributed by atoms with Gasteiger partial charge in [0.2, 0.25) is 21.9 Å². The summed E-state index contributed by atoms with van der Waals surface area (Å²) in [6.07, 6.45) is 2.83. The Labute approximate surface area is 252 Å². The number of rotatable bonds is 9. The van der Waals surface area contributed by atoms with Crippen LogP contribution in [-0.4, -0.2) is 102 Å². The van der Waals surface area contributed by atoms with E-state index < -0.39 is 16.1 Å². The number of aromatic amines is 1. The van der Waals surface area contributed by atoms with Gasteiger partial charge in [-0.25, -0.2) is 13.4 Å². The number of benzene rings is 1. The van der Waals surface area contributed by atoms with Crippen molar-refractivity contribution in [3.8, 4) is 6.07 Å². The molecule has 0 bridgehead atoms. The maximum Gasteiger partial charge on any atom is 0.236 e. The normalized spacial score (nSPS) is 19.6. The second-order valence-corrected chi connectivity index (χ2v) is 13.1. The molecule has 0 aliphatic carbocycles. The van der Waals surface area contributed by atoms with Gasteiger partial charge in [-0.05, 0) is 31.2 Å². The van der Waals surface area contributed by atoms with Crippen molar-refractivity contribution in [1.29, 1.82) is 5.26 Å². The van der Waals surface area contributed by atoms with Crippen LogP contribution < -0.4 is 10.2 Å². The summed E-state index contributed by atoms with van der Waals surface area (Å²) in [5.74, 6) is 1.13. The van der Waals surface area contributed by atoms with Gasteiger partial charge in [-0.3, -0.25) is 14.8 Å². The Bertz CT molecular complexity index is 1680. The van der Waals surface area contributed by atoms with Gasteiger partial charge in [0.1, 0.15) is 5.82 Å². The number of likely N-dealkylation sites (N-methyl/N-ethyl adjacent to an activating group) is 1. The molecule has 43 heavy (non-hydrogen) atoms. The van der Waals surface area contributed by atoms with Crippen LogP contribution >= 0.6 is 0 Å². The fourth-order valence-corrected chi connectivity index (χ4v) is 7.12. The second-order valence-electron chi connectivity index (χ2n) is 11.3. The van der Waals surface area contributed by atoms with Crippen LogP contribution in [0.4, 0.5) is 11.8 Å². The standard InChI is InChI=1S/C29H38N10O3S/c1-6-43(41,42)39-14-13-38(17-20(39)9-11-30)28-22-18-37(5)25(27-19(2)7-8-23-21(27)16-32-35-23)15-24(22)33-29(34-28)31-12-10-26(40)36(3)4/h6-8,16,20,25H,1,9-10,12-15,17-18H2,2-5H3,(H,32,35)(H,31,33,34). The quantitative estimate of drug-likeness (QED) is 0.370. The molecule has 4 heterocycles. The van der Waals surface area contributed by atoms with Gasteiger partial charge in [0.05, 0.1) is 35.9 Å². The lowest BCUT2D eigenvalue weighted by atomic mass is 9.89. The summed E-state index contributed by atoms with van der Waals surface area (Å²) in [7, 11) is 1.84. The molecule has 228 valence electrons. The average molecular weight is 607 g/mol. The minimum atomic E-state index is -3.69. The van der Waals surface area contributed by atoms with Gasteiger partial charge in [0, 0.05) is 82.1 Å². The Morgan fingerprint density at radius 3 is 2.81 bits per heavy atom. The third kappa shape index (κ3) is 6.06. The predicted molar refractivity (Wildman–Crippen MR) is 165 cm³/mol. The molecule has 0 spiro atoms. The van der Waals surface area contributed by atoms with E-state index in [4.69, 9.17) is 9.97 Å². The number of nitrogens with zero attached hydrogens (tertiary/aromatic N) is 8. The summed E-state index contributed by atoms with van der Waals surface area (Å²) in [6.45, 7) is 7.44. The van der Waals surface area contributed by atoms with Crippen LogP contribution in [0.2, 0.25) is 0 Å². The number of fused-ring (bicyclic) bond motifs is 2. The Hall–Kier alpha value is -4.06. The fraction of sp³-hybridized carbons (Fsp3) is 0.483. The molecule has 0 radical (unpaired) electrons. The van der Waals surface area contributed by atoms with Crippen LogP contribution in [-0.2, 0) is 27.8 Å². The molecule has 1 amide bonds. The van der Waals surface area contributed by atoms with Crippen LogP contribution in [0.3, 0.4) is 0 Å². The SMILES string of the molecule is C=CS(=O)(=O)N1CCN(c2nc(NCCC(=O)N(C)C)nc3c2CN(C)C(c2c(C)ccc4[nH]ncc24)C3)CC1CC#N. The highest BCUT2D eigenvalue weighted by Crippen LogP contribution is 2.39. The molecule has 2 aliphatic rings. The molecule has 13 nitrogen and oxygen atoms in total. The first-order valence-electron chi connectivity index (χ1n) is 14.3. The minimum Gasteiger partial charge on any atom is -0.354 e. The molecule has 1 fully saturated rings. The molecule has 2 aromatic heterocycles. The van der Waals surface area contributed by atoms with Crippen LogP contribution in [0.15, 0.2) is 30.3 Å². The fourth-order valence-electron chi connectivity index (χ4n) is 6.04. The zero-order valence-corrected chi connectivity index (χ0v) is 25.9. The van der Waals surface area contributed by atoms with Gasteiger partial charge in [-0.2, -0.15) is 19.6 Å². The number of carbonyl (C=O) groups excluding carboxylic acids is 1. The van der Waals surface area contributed by atoms with Gasteiger partial charge >= 0.3 is 0 Å². The number of aromatic nitrogens is 4. The molecule has 1 aromatic carbocycles. The van der Waals surface area contributed by atoms with E-state index >= 15 is 0 Å². The number of H-pyrrole nitrogens is 1. The highest BCUT2D eigenvalue weighted by molar-refractivity contribution is 7.92. The molecule has 5 rings (SSSR count). The first-order chi connectivity index (χ1) is 20.5. The number of carbonyl (C=O) groups is 1. The number of amides is 1. The van der Waals surface area contributed by atoms with E-state index in [1.54, 1.807) is 19.0 Å². The topological polar surface area (TPSA) is 154 Å². The summed E-state index contributed by atoms with van der Waals surface area (Å²) in [6, 6.07) is 5.78. The number of nitrogens with one attached hydrogen (secondary N) is 2. The van der Waals surface area contributed by atoms with Crippen molar-refractivity contribution in [1.82, 2.24) is 34.3 Å². The first-order valence-corrected chi connectivity index (χ1v) is 15.8. The first kappa shape index (κ1) is 30.4. The van der Waals surface area contributed by atoms with Crippen molar-refractivity contribution in [3.05, 3.63) is 52.7 Å². The number of hydrogen-bond donors (Lipinski definition) is 2. The second kappa shape index (κ2) is 12.3. The predicted octanol–water partition coefficient (Wildman–Crippen LogP) is 2.16. The molecule has 3 aromatic rings. The van der Waals surface area contributed by atoms with E-state index in [1.807, 2.05) is 12.3 Å². The summed E-state index contributed by atoms with van der Waals surface area (Å²) in [4.78, 5) is 28.0. The maximum absolute atomic E-state index is 12.7. The van der Waals surface area contributed by atoms with Gasteiger partial charge in [-0.1, -0.05) is 12.6 Å². The molecule has 1 saturated heterocycles. The lowest BCUT2D eigenvalue weighted by Gasteiger charge is -2.42. The number of hydrogen-bond acceptors (Lipinski definition) is 10. The van der Waals surface area contributed by atoms with Crippen LogP contribution in [0.5, 0.6) is 0 Å². The number of sulfonamides is 1. The monoisotopic (exact) mass is 606 g/mol. The highest BCUT2D eigenvalue weighted by Gasteiger charge is 2.37. The molecule has 14 heteroatoms. The Balaban J connectivity index is 1.52. The highest BCUT2D eigenvalue weighted by atomic mass is 32.2. The number of piperazine rings is 1. The number of nitriles is 1. The molecule has 2 N–H and O–H groups in total. The largest absolute Gasteiger partial charge is 0.354 e. The van der Waals surface area contributed by atoms with E-state index in [1.165, 1.54) is 15.4 Å². The number of anilines is 2. The summed E-state index contributed by atoms with van der Waals surface area (Å²) in [5, 5.41) is 22.1. The molecule has 2 atom stereocenters. The van der Waals surface area contributed by atoms with Crippen molar-refractivity contribution in [2.45, 2.75) is 44.8 Å². The summed E-state index contributed by atoms with van der Waals surface area (Å²) in [5.41, 5.74) is 5.21. The smallest absolute Gasteiger partial charge is 0.236 e. The van der Waals surface area contributed by atoms with Crippen molar-refractivity contribution in [3.63, 3.8) is 0 Å². The van der Waals surface area contributed by atoms with Gasteiger partial charge in [0.15, 0.2) is 0 Å². The van der Waals surface area contributed by atoms with Crippen LogP contribution in [0.25, 0.3) is 10.9 Å². The molecular formula is C29H38N10O3S. The van der Waals surface area contributed by atoms with E-state index in [2.05, 4.69) is 58.0 Å². The lowest BCUT2D eigenvalue weighted by molar-refractivity contribution is -0.128. The zero-order valence-electron chi connectivity index (χ0n) is 25.0. The summed E-state index contributed by atoms with van der Waals surface area (Å²) < 4.78 is 26.8. The van der Waals surface area contributed by atoms with Crippen LogP contribution in [0.1, 0.15) is 41.3 Å². The van der Waals surface area contributed by atoms with E-state index in [0.717, 1.165) is 27.6 Å². The van der Waals surface area contributed by atoms with Crippen molar-refractivity contribution < 1.29 is 13.2 Å². The molecule has 2 unspecified atom stereocenters. The zero-order chi connectivity index (χ0) is 30.9. The van der Waals surface area contributed by atoms with Gasteiger partial charge in [-0.15, -0.1) is 0 Å². The molecule has 2 aliphatic heterocycles. The maximum atomic E-state index is 12.7. The van der Waals surface area contributed by atoms with Gasteiger partial charge in [0.25, 0.3) is 0 Å². The minimum absolute atomic E-state index is 0.00468. The molecule has 0 saturated carbocycles. The van der Waals surface area contributed by atoms with E-state index in [0.29, 0.717) is 44.4 Å². The Kier molecular flexibility index (Phi) is 8.68. The third-order valence-electron chi connectivity index (χ3n) is 8.33. The van der Waals surface area contributed by atoms with E-state index in [-0.39, 0.29) is 31.3 Å². The number of aryl methyl sites for hydroxylation is 1. The Morgan fingerprint density at radius 1 is 1.30 bits per heavy atom. The van der Waals surface area contributed by atoms with Gasteiger partial charge < -0.3 is 15.1 Å². The van der Waals surface area contributed by atoms with Crippen molar-refractivity contribution >= 4 is 38.6 Å². The lowest BCUT2D eigenvalue weighted by Crippen LogP contribution is -2.55. The third-order valence-corrected chi connectivity index (χ3v) is 9.88. The van der Waals surface area contributed by atoms with Crippen LogP contribution in [0, 0.1) is 18.3 Å². The van der Waals surface area contributed by atoms with Crippen molar-refractivity contribution in [2.75, 3.05) is 57.5 Å². The van der Waals surface area contributed by atoms with Crippen molar-refractivity contribution in [2.24, 2.45) is 0 Å².